The number of hydrogen-bond donors (Lipinski definition) is 1. The van der Waals surface area contributed by atoms with E-state index < -0.39 is 0 Å². The number of likely N-dealkylation sites (tertiary alicyclic amines) is 2. The van der Waals surface area contributed by atoms with Gasteiger partial charge in [-0.2, -0.15) is 0 Å². The first kappa shape index (κ1) is 19.2. The Morgan fingerprint density at radius 3 is 2.50 bits per heavy atom. The topological polar surface area (TPSA) is 62.5 Å². The van der Waals surface area contributed by atoms with Gasteiger partial charge in [0.05, 0.1) is 0 Å². The molecule has 0 spiro atoms. The van der Waals surface area contributed by atoms with Crippen LogP contribution in [0.3, 0.4) is 0 Å². The van der Waals surface area contributed by atoms with Crippen molar-refractivity contribution in [2.75, 3.05) is 31.9 Å². The predicted octanol–water partition coefficient (Wildman–Crippen LogP) is 3.69. The Hall–Kier alpha value is -2.11. The minimum Gasteiger partial charge on any atom is -0.384 e. The van der Waals surface area contributed by atoms with Crippen molar-refractivity contribution < 1.29 is 4.79 Å². The van der Waals surface area contributed by atoms with E-state index in [-0.39, 0.29) is 5.91 Å². The standard InChI is InChI=1S/C22H27ClN4O/c23-20-3-1-16(2-4-20)14-26-10-6-19(15-26)17-7-11-27(12-8-17)22(28)18-5-9-25-21(24)13-18/h1-5,9,13,17,19H,6-8,10-12,14-15H2,(H2,24,25). The molecule has 1 aromatic carbocycles. The van der Waals surface area contributed by atoms with E-state index in [1.165, 1.54) is 12.0 Å². The number of aromatic nitrogens is 1. The number of amides is 1. The Balaban J connectivity index is 1.27. The zero-order valence-corrected chi connectivity index (χ0v) is 16.8. The first-order chi connectivity index (χ1) is 13.6. The van der Waals surface area contributed by atoms with Crippen LogP contribution in [0.25, 0.3) is 0 Å². The van der Waals surface area contributed by atoms with Gasteiger partial charge in [-0.15, -0.1) is 0 Å². The monoisotopic (exact) mass is 398 g/mol. The van der Waals surface area contributed by atoms with Gasteiger partial charge < -0.3 is 10.6 Å². The van der Waals surface area contributed by atoms with Crippen LogP contribution in [0.2, 0.25) is 5.02 Å². The first-order valence-electron chi connectivity index (χ1n) is 10.1. The number of carbonyl (C=O) groups excluding carboxylic acids is 1. The maximum Gasteiger partial charge on any atom is 0.254 e. The average molecular weight is 399 g/mol. The Kier molecular flexibility index (Phi) is 5.83. The van der Waals surface area contributed by atoms with Gasteiger partial charge in [0.15, 0.2) is 0 Å². The molecular formula is C22H27ClN4O. The third-order valence-corrected chi connectivity index (χ3v) is 6.40. The lowest BCUT2D eigenvalue weighted by molar-refractivity contribution is 0.0659. The predicted molar refractivity (Wildman–Crippen MR) is 112 cm³/mol. The summed E-state index contributed by atoms with van der Waals surface area (Å²) in [4.78, 5) is 21.2. The molecule has 2 N–H and O–H groups in total. The third-order valence-electron chi connectivity index (χ3n) is 6.15. The minimum atomic E-state index is 0.0725. The van der Waals surface area contributed by atoms with Crippen LogP contribution in [0.4, 0.5) is 5.82 Å². The van der Waals surface area contributed by atoms with Crippen LogP contribution in [0.5, 0.6) is 0 Å². The molecule has 1 amide bonds. The molecular weight excluding hydrogens is 372 g/mol. The smallest absolute Gasteiger partial charge is 0.254 e. The molecule has 28 heavy (non-hydrogen) atoms. The van der Waals surface area contributed by atoms with Crippen molar-refractivity contribution >= 4 is 23.3 Å². The zero-order valence-electron chi connectivity index (χ0n) is 16.1. The summed E-state index contributed by atoms with van der Waals surface area (Å²) in [6.07, 6.45) is 5.04. The van der Waals surface area contributed by atoms with Crippen molar-refractivity contribution in [3.05, 3.63) is 58.7 Å². The second kappa shape index (κ2) is 8.50. The zero-order chi connectivity index (χ0) is 19.5. The SMILES string of the molecule is Nc1cc(C(=O)N2CCC(C3CCN(Cc4ccc(Cl)cc4)C3)CC2)ccn1. The van der Waals surface area contributed by atoms with E-state index in [2.05, 4.69) is 22.0 Å². The highest BCUT2D eigenvalue weighted by molar-refractivity contribution is 6.30. The maximum absolute atomic E-state index is 12.7. The Bertz CT molecular complexity index is 818. The van der Waals surface area contributed by atoms with Crippen molar-refractivity contribution in [2.45, 2.75) is 25.8 Å². The van der Waals surface area contributed by atoms with Crippen molar-refractivity contribution in [2.24, 2.45) is 11.8 Å². The van der Waals surface area contributed by atoms with Crippen LogP contribution in [0, 0.1) is 11.8 Å². The van der Waals surface area contributed by atoms with Gasteiger partial charge in [0.25, 0.3) is 5.91 Å². The number of nitrogen functional groups attached to an aromatic ring is 1. The lowest BCUT2D eigenvalue weighted by Gasteiger charge is -2.35. The van der Waals surface area contributed by atoms with E-state index in [0.29, 0.717) is 17.3 Å². The number of halogens is 1. The number of pyridine rings is 1. The largest absolute Gasteiger partial charge is 0.384 e. The number of anilines is 1. The normalized spacial score (nSPS) is 21.2. The summed E-state index contributed by atoms with van der Waals surface area (Å²) in [5.41, 5.74) is 7.67. The lowest BCUT2D eigenvalue weighted by Crippen LogP contribution is -2.40. The molecule has 2 aliphatic rings. The summed E-state index contributed by atoms with van der Waals surface area (Å²) in [5.74, 6) is 1.92. The van der Waals surface area contributed by atoms with E-state index in [0.717, 1.165) is 56.5 Å². The molecule has 0 aliphatic carbocycles. The third kappa shape index (κ3) is 4.47. The van der Waals surface area contributed by atoms with E-state index in [4.69, 9.17) is 17.3 Å². The molecule has 1 aromatic heterocycles. The molecule has 2 saturated heterocycles. The summed E-state index contributed by atoms with van der Waals surface area (Å²) in [6, 6.07) is 11.6. The van der Waals surface area contributed by atoms with Gasteiger partial charge in [-0.05, 0) is 67.5 Å². The Morgan fingerprint density at radius 2 is 1.79 bits per heavy atom. The first-order valence-corrected chi connectivity index (χ1v) is 10.4. The summed E-state index contributed by atoms with van der Waals surface area (Å²) in [7, 11) is 0. The number of hydrogen-bond acceptors (Lipinski definition) is 4. The molecule has 1 unspecified atom stereocenters. The van der Waals surface area contributed by atoms with Crippen molar-refractivity contribution in [1.29, 1.82) is 0 Å². The van der Waals surface area contributed by atoms with Gasteiger partial charge in [-0.25, -0.2) is 4.98 Å². The molecule has 4 rings (SSSR count). The van der Waals surface area contributed by atoms with Crippen LogP contribution in [0.15, 0.2) is 42.6 Å². The summed E-state index contributed by atoms with van der Waals surface area (Å²) in [6.45, 7) is 4.97. The molecule has 0 saturated carbocycles. The number of nitrogens with two attached hydrogens (primary N) is 1. The molecule has 1 atom stereocenters. The van der Waals surface area contributed by atoms with Gasteiger partial charge in [-0.1, -0.05) is 23.7 Å². The fourth-order valence-electron chi connectivity index (χ4n) is 4.58. The Labute approximate surface area is 171 Å². The number of carbonyl (C=O) groups is 1. The fraction of sp³-hybridized carbons (Fsp3) is 0.455. The van der Waals surface area contributed by atoms with Crippen LogP contribution < -0.4 is 5.73 Å². The second-order valence-electron chi connectivity index (χ2n) is 8.01. The second-order valence-corrected chi connectivity index (χ2v) is 8.45. The van der Waals surface area contributed by atoms with Crippen molar-refractivity contribution in [3.8, 4) is 0 Å². The summed E-state index contributed by atoms with van der Waals surface area (Å²) < 4.78 is 0. The lowest BCUT2D eigenvalue weighted by atomic mass is 9.83. The molecule has 6 heteroatoms. The van der Waals surface area contributed by atoms with E-state index in [1.807, 2.05) is 17.0 Å². The molecule has 2 aliphatic heterocycles. The highest BCUT2D eigenvalue weighted by Crippen LogP contribution is 2.33. The van der Waals surface area contributed by atoms with Crippen LogP contribution in [0.1, 0.15) is 35.2 Å². The van der Waals surface area contributed by atoms with Gasteiger partial charge in [-0.3, -0.25) is 9.69 Å². The number of benzene rings is 1. The van der Waals surface area contributed by atoms with Crippen LogP contribution >= 0.6 is 11.6 Å². The van der Waals surface area contributed by atoms with E-state index >= 15 is 0 Å². The molecule has 2 aromatic rings. The van der Waals surface area contributed by atoms with Gasteiger partial charge in [0, 0.05) is 43.0 Å². The van der Waals surface area contributed by atoms with Crippen molar-refractivity contribution in [1.82, 2.24) is 14.8 Å². The number of nitrogens with zero attached hydrogens (tertiary/aromatic N) is 3. The van der Waals surface area contributed by atoms with E-state index in [9.17, 15) is 4.79 Å². The average Bonchev–Trinajstić information content (AvgIpc) is 3.18. The van der Waals surface area contributed by atoms with Gasteiger partial charge in [0.2, 0.25) is 0 Å². The highest BCUT2D eigenvalue weighted by atomic mass is 35.5. The highest BCUT2D eigenvalue weighted by Gasteiger charge is 2.33. The van der Waals surface area contributed by atoms with E-state index in [1.54, 1.807) is 18.3 Å². The van der Waals surface area contributed by atoms with Gasteiger partial charge in [0.1, 0.15) is 5.82 Å². The fourth-order valence-corrected chi connectivity index (χ4v) is 4.70. The number of piperidine rings is 1. The summed E-state index contributed by atoms with van der Waals surface area (Å²) >= 11 is 5.98. The molecule has 2 fully saturated rings. The van der Waals surface area contributed by atoms with Crippen LogP contribution in [-0.4, -0.2) is 46.9 Å². The molecule has 0 bridgehead atoms. The number of rotatable bonds is 4. The molecule has 0 radical (unpaired) electrons. The molecule has 148 valence electrons. The Morgan fingerprint density at radius 1 is 1.07 bits per heavy atom. The maximum atomic E-state index is 12.7. The minimum absolute atomic E-state index is 0.0725. The quantitative estimate of drug-likeness (QED) is 0.853. The molecule has 3 heterocycles. The molecule has 5 nitrogen and oxygen atoms in total. The summed E-state index contributed by atoms with van der Waals surface area (Å²) in [5, 5.41) is 0.791. The van der Waals surface area contributed by atoms with Gasteiger partial charge >= 0.3 is 0 Å². The van der Waals surface area contributed by atoms with Crippen LogP contribution in [-0.2, 0) is 6.54 Å². The van der Waals surface area contributed by atoms with Crippen molar-refractivity contribution in [3.63, 3.8) is 0 Å².